The zero-order valence-electron chi connectivity index (χ0n) is 9.79. The number of nitro benzene ring substituents is 1. The molecule has 0 atom stereocenters. The van der Waals surface area contributed by atoms with Crippen LogP contribution in [-0.2, 0) is 5.75 Å². The minimum Gasteiger partial charge on any atom is -0.379 e. The van der Waals surface area contributed by atoms with Crippen molar-refractivity contribution in [3.05, 3.63) is 39.9 Å². The Hall–Kier alpha value is -1.56. The van der Waals surface area contributed by atoms with E-state index in [0.717, 1.165) is 5.56 Å². The van der Waals surface area contributed by atoms with Crippen LogP contribution in [0.3, 0.4) is 0 Å². The molecule has 0 spiro atoms. The number of nitrogens with two attached hydrogens (primary N) is 1. The van der Waals surface area contributed by atoms with Gasteiger partial charge >= 0.3 is 0 Å². The molecule has 92 valence electrons. The van der Waals surface area contributed by atoms with Gasteiger partial charge in [0.05, 0.1) is 4.92 Å². The van der Waals surface area contributed by atoms with Gasteiger partial charge in [-0.15, -0.1) is 0 Å². The van der Waals surface area contributed by atoms with Gasteiger partial charge in [0.15, 0.2) is 5.17 Å². The summed E-state index contributed by atoms with van der Waals surface area (Å²) in [6.45, 7) is 3.92. The summed E-state index contributed by atoms with van der Waals surface area (Å²) >= 11 is 1.43. The summed E-state index contributed by atoms with van der Waals surface area (Å²) in [5.74, 6) is 0.667. The van der Waals surface area contributed by atoms with E-state index in [1.807, 2.05) is 13.8 Å². The Morgan fingerprint density at radius 1 is 1.47 bits per heavy atom. The van der Waals surface area contributed by atoms with Gasteiger partial charge in [-0.2, -0.15) is 0 Å². The van der Waals surface area contributed by atoms with Gasteiger partial charge in [-0.25, -0.2) is 0 Å². The zero-order chi connectivity index (χ0) is 12.8. The fourth-order valence-corrected chi connectivity index (χ4v) is 1.96. The van der Waals surface area contributed by atoms with Gasteiger partial charge in [-0.1, -0.05) is 23.9 Å². The van der Waals surface area contributed by atoms with Crippen molar-refractivity contribution in [2.75, 3.05) is 0 Å². The van der Waals surface area contributed by atoms with E-state index in [0.29, 0.717) is 10.9 Å². The number of benzene rings is 1. The standard InChI is InChI=1S/C11H15N3O2S/c1-8(2)13-11(12)17-7-9-3-5-10(6-4-9)14(15)16/h3-6,8H,7H2,1-2H3,(H2,12,13). The van der Waals surface area contributed by atoms with Gasteiger partial charge in [-0.3, -0.25) is 15.1 Å². The first kappa shape index (κ1) is 13.5. The van der Waals surface area contributed by atoms with Crippen LogP contribution < -0.4 is 5.73 Å². The molecule has 0 aliphatic rings. The van der Waals surface area contributed by atoms with Crippen molar-refractivity contribution >= 4 is 22.6 Å². The van der Waals surface area contributed by atoms with Crippen LogP contribution in [0.15, 0.2) is 29.3 Å². The van der Waals surface area contributed by atoms with E-state index in [2.05, 4.69) is 4.99 Å². The fourth-order valence-electron chi connectivity index (χ4n) is 1.16. The Morgan fingerprint density at radius 2 is 2.06 bits per heavy atom. The second-order valence-corrected chi connectivity index (χ2v) is 4.77. The highest BCUT2D eigenvalue weighted by molar-refractivity contribution is 8.13. The number of thioether (sulfide) groups is 1. The molecule has 0 heterocycles. The maximum atomic E-state index is 10.5. The molecule has 5 nitrogen and oxygen atoms in total. The Morgan fingerprint density at radius 3 is 2.53 bits per heavy atom. The topological polar surface area (TPSA) is 81.5 Å². The van der Waals surface area contributed by atoms with E-state index >= 15 is 0 Å². The van der Waals surface area contributed by atoms with Crippen LogP contribution in [0.1, 0.15) is 19.4 Å². The molecule has 0 radical (unpaired) electrons. The van der Waals surface area contributed by atoms with Gasteiger partial charge in [0.2, 0.25) is 0 Å². The summed E-state index contributed by atoms with van der Waals surface area (Å²) in [4.78, 5) is 14.2. The molecular weight excluding hydrogens is 238 g/mol. The Labute approximate surface area is 104 Å². The number of hydrogen-bond acceptors (Lipinski definition) is 4. The highest BCUT2D eigenvalue weighted by atomic mass is 32.2. The molecule has 6 heteroatoms. The van der Waals surface area contributed by atoms with E-state index in [9.17, 15) is 10.1 Å². The van der Waals surface area contributed by atoms with E-state index in [1.54, 1.807) is 12.1 Å². The van der Waals surface area contributed by atoms with Gasteiger partial charge in [0.1, 0.15) is 0 Å². The minimum absolute atomic E-state index is 0.0996. The molecule has 1 aromatic carbocycles. The molecule has 17 heavy (non-hydrogen) atoms. The predicted molar refractivity (Wildman–Crippen MR) is 71.1 cm³/mol. The third kappa shape index (κ3) is 4.86. The molecular formula is C11H15N3O2S. The van der Waals surface area contributed by atoms with Gasteiger partial charge in [0.25, 0.3) is 5.69 Å². The predicted octanol–water partition coefficient (Wildman–Crippen LogP) is 2.55. The summed E-state index contributed by atoms with van der Waals surface area (Å²) in [6.07, 6.45) is 0. The maximum absolute atomic E-state index is 10.5. The van der Waals surface area contributed by atoms with Crippen LogP contribution in [0.25, 0.3) is 0 Å². The summed E-state index contributed by atoms with van der Waals surface area (Å²) in [5, 5.41) is 11.0. The Balaban J connectivity index is 2.56. The van der Waals surface area contributed by atoms with Crippen LogP contribution in [0.2, 0.25) is 0 Å². The summed E-state index contributed by atoms with van der Waals surface area (Å²) in [6, 6.07) is 6.62. The Bertz CT molecular complexity index is 415. The van der Waals surface area contributed by atoms with Gasteiger partial charge in [0, 0.05) is 23.9 Å². The van der Waals surface area contributed by atoms with Gasteiger partial charge < -0.3 is 5.73 Å². The first-order chi connectivity index (χ1) is 7.99. The number of nitro groups is 1. The smallest absolute Gasteiger partial charge is 0.269 e. The molecule has 0 amide bonds. The van der Waals surface area contributed by atoms with Crippen LogP contribution in [0, 0.1) is 10.1 Å². The lowest BCUT2D eigenvalue weighted by atomic mass is 10.2. The van der Waals surface area contributed by atoms with E-state index in [4.69, 9.17) is 5.73 Å². The summed E-state index contributed by atoms with van der Waals surface area (Å²) in [5.41, 5.74) is 6.79. The lowest BCUT2D eigenvalue weighted by molar-refractivity contribution is -0.384. The normalized spacial score (nSPS) is 11.8. The SMILES string of the molecule is CC(C)N=C(N)SCc1ccc([N+](=O)[O-])cc1. The molecule has 2 N–H and O–H groups in total. The minimum atomic E-state index is -0.411. The third-order valence-electron chi connectivity index (χ3n) is 1.92. The molecule has 0 unspecified atom stereocenters. The van der Waals surface area contributed by atoms with Crippen LogP contribution >= 0.6 is 11.8 Å². The number of rotatable bonds is 4. The first-order valence-electron chi connectivity index (χ1n) is 5.18. The molecule has 0 aliphatic heterocycles. The lowest BCUT2D eigenvalue weighted by Crippen LogP contribution is -2.09. The van der Waals surface area contributed by atoms with Crippen LogP contribution in [0.4, 0.5) is 5.69 Å². The second kappa shape index (κ2) is 6.24. The van der Waals surface area contributed by atoms with Crippen molar-refractivity contribution in [3.63, 3.8) is 0 Å². The molecule has 1 rings (SSSR count). The molecule has 0 aliphatic carbocycles. The number of nitrogens with zero attached hydrogens (tertiary/aromatic N) is 2. The number of aliphatic imine (C=N–C) groups is 1. The van der Waals surface area contributed by atoms with E-state index < -0.39 is 4.92 Å². The molecule has 1 aromatic rings. The highest BCUT2D eigenvalue weighted by Crippen LogP contribution is 2.16. The number of hydrogen-bond donors (Lipinski definition) is 1. The first-order valence-corrected chi connectivity index (χ1v) is 6.17. The molecule has 0 fully saturated rings. The van der Waals surface area contributed by atoms with E-state index in [1.165, 1.54) is 23.9 Å². The fraction of sp³-hybridized carbons (Fsp3) is 0.364. The van der Waals surface area contributed by atoms with Crippen molar-refractivity contribution in [3.8, 4) is 0 Å². The zero-order valence-corrected chi connectivity index (χ0v) is 10.6. The second-order valence-electron chi connectivity index (χ2n) is 3.77. The third-order valence-corrected chi connectivity index (χ3v) is 2.80. The summed E-state index contributed by atoms with van der Waals surface area (Å²) < 4.78 is 0. The van der Waals surface area contributed by atoms with Crippen molar-refractivity contribution < 1.29 is 4.92 Å². The molecule has 0 bridgehead atoms. The lowest BCUT2D eigenvalue weighted by Gasteiger charge is -2.03. The molecule has 0 aromatic heterocycles. The molecule has 0 saturated carbocycles. The van der Waals surface area contributed by atoms with Crippen molar-refractivity contribution in [1.82, 2.24) is 0 Å². The highest BCUT2D eigenvalue weighted by Gasteiger charge is 2.04. The summed E-state index contributed by atoms with van der Waals surface area (Å²) in [7, 11) is 0. The van der Waals surface area contributed by atoms with Crippen molar-refractivity contribution in [1.29, 1.82) is 0 Å². The maximum Gasteiger partial charge on any atom is 0.269 e. The quantitative estimate of drug-likeness (QED) is 0.387. The van der Waals surface area contributed by atoms with Gasteiger partial charge in [-0.05, 0) is 19.4 Å². The van der Waals surface area contributed by atoms with Crippen LogP contribution in [0.5, 0.6) is 0 Å². The number of non-ortho nitro benzene ring substituents is 1. The van der Waals surface area contributed by atoms with E-state index in [-0.39, 0.29) is 11.7 Å². The average Bonchev–Trinajstić information content (AvgIpc) is 2.26. The monoisotopic (exact) mass is 253 g/mol. The average molecular weight is 253 g/mol. The largest absolute Gasteiger partial charge is 0.379 e. The van der Waals surface area contributed by atoms with Crippen molar-refractivity contribution in [2.45, 2.75) is 25.6 Å². The molecule has 0 saturated heterocycles. The number of amidine groups is 1. The van der Waals surface area contributed by atoms with Crippen LogP contribution in [-0.4, -0.2) is 16.1 Å². The Kier molecular flexibility index (Phi) is 4.96. The van der Waals surface area contributed by atoms with Crippen molar-refractivity contribution in [2.24, 2.45) is 10.7 Å².